The van der Waals surface area contributed by atoms with Crippen LogP contribution in [0.4, 0.5) is 5.69 Å². The van der Waals surface area contributed by atoms with Crippen molar-refractivity contribution in [2.24, 2.45) is 0 Å². The normalized spacial score (nSPS) is 10.9. The Kier molecular flexibility index (Phi) is 3.68. The maximum Gasteiger partial charge on any atom is 0.0642 e. The van der Waals surface area contributed by atoms with Crippen molar-refractivity contribution in [3.63, 3.8) is 0 Å². The van der Waals surface area contributed by atoms with Crippen molar-refractivity contribution in [3.05, 3.63) is 63.5 Å². The number of aryl methyl sites for hydroxylation is 1. The van der Waals surface area contributed by atoms with Crippen LogP contribution >= 0.6 is 22.9 Å². The van der Waals surface area contributed by atoms with Crippen LogP contribution in [0, 0.1) is 13.8 Å². The smallest absolute Gasteiger partial charge is 0.0642 e. The average Bonchev–Trinajstić information content (AvgIpc) is 2.78. The summed E-state index contributed by atoms with van der Waals surface area (Å²) in [6.45, 7) is 5.04. The topological polar surface area (TPSA) is 12.0 Å². The van der Waals surface area contributed by atoms with Crippen molar-refractivity contribution >= 4 is 38.7 Å². The first-order valence-corrected chi connectivity index (χ1v) is 7.82. The van der Waals surface area contributed by atoms with Gasteiger partial charge in [0.05, 0.1) is 11.6 Å². The lowest BCUT2D eigenvalue weighted by molar-refractivity contribution is 1.17. The van der Waals surface area contributed by atoms with E-state index in [1.165, 1.54) is 26.4 Å². The predicted octanol–water partition coefficient (Wildman–Crippen LogP) is 5.78. The Morgan fingerprint density at radius 2 is 1.85 bits per heavy atom. The summed E-state index contributed by atoms with van der Waals surface area (Å²) in [4.78, 5) is 1.19. The number of halogens is 1. The summed E-state index contributed by atoms with van der Waals surface area (Å²) in [6.07, 6.45) is 0. The van der Waals surface area contributed by atoms with E-state index in [9.17, 15) is 0 Å². The third-order valence-electron chi connectivity index (χ3n) is 3.65. The van der Waals surface area contributed by atoms with Crippen LogP contribution in [0.2, 0.25) is 5.02 Å². The van der Waals surface area contributed by atoms with E-state index in [0.29, 0.717) is 0 Å². The van der Waals surface area contributed by atoms with E-state index in [0.717, 1.165) is 17.0 Å². The van der Waals surface area contributed by atoms with Gasteiger partial charge in [-0.1, -0.05) is 41.9 Å². The molecule has 0 fully saturated rings. The summed E-state index contributed by atoms with van der Waals surface area (Å²) in [5.74, 6) is 0. The minimum Gasteiger partial charge on any atom is -0.380 e. The number of anilines is 1. The zero-order valence-electron chi connectivity index (χ0n) is 11.5. The molecular formula is C17H16ClNS. The summed E-state index contributed by atoms with van der Waals surface area (Å²) in [5.41, 5.74) is 3.78. The fourth-order valence-corrected chi connectivity index (χ4v) is 3.74. The van der Waals surface area contributed by atoms with Crippen molar-refractivity contribution in [1.82, 2.24) is 0 Å². The molecule has 0 unspecified atom stereocenters. The number of thiophene rings is 1. The Hall–Kier alpha value is -1.51. The van der Waals surface area contributed by atoms with Crippen molar-refractivity contribution in [2.75, 3.05) is 5.32 Å². The predicted molar refractivity (Wildman–Crippen MR) is 90.1 cm³/mol. The molecule has 1 N–H and O–H groups in total. The quantitative estimate of drug-likeness (QED) is 0.646. The van der Waals surface area contributed by atoms with E-state index in [1.54, 1.807) is 11.3 Å². The standard InChI is InChI=1S/C17H16ClNS/c1-11-6-5-8-14(12(11)2)19-10-16-17(18)13-7-3-4-9-15(13)20-16/h3-9,19H,10H2,1-2H3. The molecule has 1 aromatic heterocycles. The van der Waals surface area contributed by atoms with E-state index >= 15 is 0 Å². The maximum atomic E-state index is 6.46. The van der Waals surface area contributed by atoms with Crippen LogP contribution in [0.15, 0.2) is 42.5 Å². The highest BCUT2D eigenvalue weighted by Gasteiger charge is 2.10. The molecule has 1 nitrogen and oxygen atoms in total. The number of fused-ring (bicyclic) bond motifs is 1. The molecule has 0 atom stereocenters. The molecule has 3 rings (SSSR count). The molecule has 1 heterocycles. The Bertz CT molecular complexity index is 761. The van der Waals surface area contributed by atoms with Crippen LogP contribution in [0.25, 0.3) is 10.1 Å². The van der Waals surface area contributed by atoms with E-state index in [1.807, 2.05) is 6.07 Å². The first-order valence-electron chi connectivity index (χ1n) is 6.63. The van der Waals surface area contributed by atoms with Gasteiger partial charge in [0.25, 0.3) is 0 Å². The number of rotatable bonds is 3. The van der Waals surface area contributed by atoms with Gasteiger partial charge < -0.3 is 5.32 Å². The highest BCUT2D eigenvalue weighted by Crippen LogP contribution is 2.35. The van der Waals surface area contributed by atoms with Gasteiger partial charge in [0.2, 0.25) is 0 Å². The molecule has 0 bridgehead atoms. The monoisotopic (exact) mass is 301 g/mol. The van der Waals surface area contributed by atoms with Gasteiger partial charge in [0, 0.05) is 20.7 Å². The second-order valence-electron chi connectivity index (χ2n) is 4.94. The number of hydrogen-bond acceptors (Lipinski definition) is 2. The van der Waals surface area contributed by atoms with Gasteiger partial charge in [-0.05, 0) is 37.1 Å². The number of benzene rings is 2. The summed E-state index contributed by atoms with van der Waals surface area (Å²) >= 11 is 8.22. The molecule has 20 heavy (non-hydrogen) atoms. The van der Waals surface area contributed by atoms with Gasteiger partial charge in [-0.3, -0.25) is 0 Å². The Labute approximate surface area is 128 Å². The van der Waals surface area contributed by atoms with Crippen LogP contribution in [0.5, 0.6) is 0 Å². The second-order valence-corrected chi connectivity index (χ2v) is 6.45. The Morgan fingerprint density at radius 1 is 1.05 bits per heavy atom. The lowest BCUT2D eigenvalue weighted by Crippen LogP contribution is -2.00. The van der Waals surface area contributed by atoms with Gasteiger partial charge in [0.15, 0.2) is 0 Å². The minimum absolute atomic E-state index is 0.766. The molecule has 0 radical (unpaired) electrons. The lowest BCUT2D eigenvalue weighted by Gasteiger charge is -2.10. The highest BCUT2D eigenvalue weighted by molar-refractivity contribution is 7.19. The Balaban J connectivity index is 1.87. The molecule has 0 aliphatic heterocycles. The molecule has 0 saturated carbocycles. The van der Waals surface area contributed by atoms with E-state index < -0.39 is 0 Å². The summed E-state index contributed by atoms with van der Waals surface area (Å²) in [5, 5.41) is 5.53. The van der Waals surface area contributed by atoms with Gasteiger partial charge in [-0.2, -0.15) is 0 Å². The SMILES string of the molecule is Cc1cccc(NCc2sc3ccccc3c2Cl)c1C. The zero-order chi connectivity index (χ0) is 14.1. The maximum absolute atomic E-state index is 6.46. The average molecular weight is 302 g/mol. The van der Waals surface area contributed by atoms with Crippen LogP contribution in [0.3, 0.4) is 0 Å². The van der Waals surface area contributed by atoms with E-state index in [2.05, 4.69) is 55.6 Å². The summed E-state index contributed by atoms with van der Waals surface area (Å²) < 4.78 is 1.25. The minimum atomic E-state index is 0.766. The van der Waals surface area contributed by atoms with Crippen LogP contribution in [0.1, 0.15) is 16.0 Å². The largest absolute Gasteiger partial charge is 0.380 e. The third kappa shape index (κ3) is 2.41. The molecule has 0 saturated heterocycles. The first-order chi connectivity index (χ1) is 9.66. The summed E-state index contributed by atoms with van der Waals surface area (Å²) in [7, 11) is 0. The van der Waals surface area contributed by atoms with Gasteiger partial charge in [-0.25, -0.2) is 0 Å². The van der Waals surface area contributed by atoms with Crippen molar-refractivity contribution in [2.45, 2.75) is 20.4 Å². The molecule has 3 heteroatoms. The molecule has 102 valence electrons. The van der Waals surface area contributed by atoms with Crippen LogP contribution in [-0.4, -0.2) is 0 Å². The van der Waals surface area contributed by atoms with Gasteiger partial charge >= 0.3 is 0 Å². The second kappa shape index (κ2) is 5.47. The molecule has 0 amide bonds. The van der Waals surface area contributed by atoms with Crippen LogP contribution < -0.4 is 5.32 Å². The van der Waals surface area contributed by atoms with E-state index in [-0.39, 0.29) is 0 Å². The summed E-state index contributed by atoms with van der Waals surface area (Å²) in [6, 6.07) is 14.6. The molecule has 3 aromatic rings. The molecule has 2 aromatic carbocycles. The molecule has 0 spiro atoms. The highest BCUT2D eigenvalue weighted by atomic mass is 35.5. The zero-order valence-corrected chi connectivity index (χ0v) is 13.1. The van der Waals surface area contributed by atoms with Crippen molar-refractivity contribution in [1.29, 1.82) is 0 Å². The van der Waals surface area contributed by atoms with Crippen molar-refractivity contribution in [3.8, 4) is 0 Å². The number of hydrogen-bond donors (Lipinski definition) is 1. The Morgan fingerprint density at radius 3 is 2.65 bits per heavy atom. The lowest BCUT2D eigenvalue weighted by atomic mass is 10.1. The third-order valence-corrected chi connectivity index (χ3v) is 5.36. The molecule has 0 aliphatic carbocycles. The van der Waals surface area contributed by atoms with Gasteiger partial charge in [-0.15, -0.1) is 11.3 Å². The molecule has 0 aliphatic rings. The molecular weight excluding hydrogens is 286 g/mol. The first kappa shape index (κ1) is 13.5. The van der Waals surface area contributed by atoms with Crippen LogP contribution in [-0.2, 0) is 6.54 Å². The number of nitrogens with one attached hydrogen (secondary N) is 1. The van der Waals surface area contributed by atoms with Crippen molar-refractivity contribution < 1.29 is 0 Å². The van der Waals surface area contributed by atoms with E-state index in [4.69, 9.17) is 11.6 Å². The van der Waals surface area contributed by atoms with Gasteiger partial charge in [0.1, 0.15) is 0 Å². The fourth-order valence-electron chi connectivity index (χ4n) is 2.30. The fraction of sp³-hybridized carbons (Fsp3) is 0.176.